The van der Waals surface area contributed by atoms with Gasteiger partial charge in [-0.1, -0.05) is 20.8 Å². The van der Waals surface area contributed by atoms with E-state index in [2.05, 4.69) is 49.3 Å². The monoisotopic (exact) mass is 562 g/mol. The molecule has 8 heteroatoms. The van der Waals surface area contributed by atoms with E-state index < -0.39 is 0 Å². The van der Waals surface area contributed by atoms with Gasteiger partial charge in [0.25, 0.3) is 0 Å². The van der Waals surface area contributed by atoms with Gasteiger partial charge in [0.15, 0.2) is 5.96 Å². The molecule has 1 aromatic heterocycles. The maximum absolute atomic E-state index is 6.15. The fourth-order valence-electron chi connectivity index (χ4n) is 4.66. The van der Waals surface area contributed by atoms with E-state index in [1.165, 1.54) is 6.42 Å². The van der Waals surface area contributed by atoms with Gasteiger partial charge in [-0.15, -0.1) is 24.0 Å². The topological polar surface area (TPSA) is 71.3 Å². The molecule has 3 unspecified atom stereocenters. The summed E-state index contributed by atoms with van der Waals surface area (Å²) in [6.45, 7) is 17.4. The predicted molar refractivity (Wildman–Crippen MR) is 140 cm³/mol. The first-order valence-electron chi connectivity index (χ1n) is 11.9. The highest BCUT2D eigenvalue weighted by molar-refractivity contribution is 14.0. The van der Waals surface area contributed by atoms with Gasteiger partial charge >= 0.3 is 0 Å². The van der Waals surface area contributed by atoms with Gasteiger partial charge in [0, 0.05) is 38.7 Å². The highest BCUT2D eigenvalue weighted by Gasteiger charge is 2.35. The Hall–Kier alpha value is -0.840. The van der Waals surface area contributed by atoms with E-state index in [4.69, 9.17) is 18.9 Å². The van der Waals surface area contributed by atoms with Crippen LogP contribution in [0.2, 0.25) is 0 Å². The summed E-state index contributed by atoms with van der Waals surface area (Å²) in [7, 11) is 0. The fourth-order valence-corrected chi connectivity index (χ4v) is 4.66. The minimum Gasteiger partial charge on any atom is -0.465 e. The second-order valence-electron chi connectivity index (χ2n) is 9.77. The molecule has 1 aromatic rings. The fraction of sp³-hybridized carbons (Fsp3) is 0.792. The number of hydrogen-bond acceptors (Lipinski definition) is 5. The molecule has 2 fully saturated rings. The zero-order valence-corrected chi connectivity index (χ0v) is 22.8. The average molecular weight is 563 g/mol. The van der Waals surface area contributed by atoms with Crippen LogP contribution < -0.4 is 10.6 Å². The van der Waals surface area contributed by atoms with Gasteiger partial charge in [-0.3, -0.25) is 9.89 Å². The van der Waals surface area contributed by atoms with Gasteiger partial charge in [0.2, 0.25) is 0 Å². The number of nitrogens with zero attached hydrogens (tertiary/aromatic N) is 2. The van der Waals surface area contributed by atoms with Crippen LogP contribution in [-0.4, -0.2) is 69.5 Å². The van der Waals surface area contributed by atoms with E-state index in [0.717, 1.165) is 69.9 Å². The SMILES string of the molecule is CCNC(=NCC(c1ccc(C)o1)N1CCOCC1)NCC1CCCOC1C(C)(C)C.I. The van der Waals surface area contributed by atoms with Crippen molar-refractivity contribution in [1.82, 2.24) is 15.5 Å². The number of nitrogens with one attached hydrogen (secondary N) is 2. The molecule has 0 radical (unpaired) electrons. The Morgan fingerprint density at radius 1 is 1.19 bits per heavy atom. The van der Waals surface area contributed by atoms with Crippen LogP contribution in [0.5, 0.6) is 0 Å². The number of rotatable bonds is 7. The van der Waals surface area contributed by atoms with E-state index in [1.54, 1.807) is 0 Å². The van der Waals surface area contributed by atoms with Crippen molar-refractivity contribution in [3.05, 3.63) is 23.7 Å². The van der Waals surface area contributed by atoms with Crippen LogP contribution in [0.4, 0.5) is 0 Å². The van der Waals surface area contributed by atoms with Crippen LogP contribution in [0.1, 0.15) is 58.1 Å². The first kappa shape index (κ1) is 27.4. The molecule has 2 aliphatic rings. The van der Waals surface area contributed by atoms with Gasteiger partial charge in [-0.25, -0.2) is 0 Å². The molecule has 32 heavy (non-hydrogen) atoms. The largest absolute Gasteiger partial charge is 0.465 e. The van der Waals surface area contributed by atoms with E-state index >= 15 is 0 Å². The second-order valence-corrected chi connectivity index (χ2v) is 9.77. The Kier molecular flexibility index (Phi) is 11.3. The molecular weight excluding hydrogens is 519 g/mol. The molecule has 0 bridgehead atoms. The highest BCUT2D eigenvalue weighted by Crippen LogP contribution is 2.33. The summed E-state index contributed by atoms with van der Waals surface area (Å²) < 4.78 is 17.7. The first-order valence-corrected chi connectivity index (χ1v) is 11.9. The molecule has 2 aliphatic heterocycles. The smallest absolute Gasteiger partial charge is 0.191 e. The number of furan rings is 1. The molecule has 7 nitrogen and oxygen atoms in total. The van der Waals surface area contributed by atoms with E-state index in [-0.39, 0.29) is 41.5 Å². The van der Waals surface area contributed by atoms with E-state index in [9.17, 15) is 0 Å². The van der Waals surface area contributed by atoms with Crippen molar-refractivity contribution in [2.24, 2.45) is 16.3 Å². The molecule has 0 aromatic carbocycles. The van der Waals surface area contributed by atoms with Gasteiger partial charge in [-0.2, -0.15) is 0 Å². The predicted octanol–water partition coefficient (Wildman–Crippen LogP) is 3.98. The third-order valence-electron chi connectivity index (χ3n) is 6.17. The Morgan fingerprint density at radius 2 is 1.94 bits per heavy atom. The molecule has 184 valence electrons. The van der Waals surface area contributed by atoms with Gasteiger partial charge < -0.3 is 24.5 Å². The quantitative estimate of drug-likeness (QED) is 0.298. The molecule has 0 spiro atoms. The molecule has 2 saturated heterocycles. The Bertz CT molecular complexity index is 698. The summed E-state index contributed by atoms with van der Waals surface area (Å²) in [6.07, 6.45) is 2.59. The third-order valence-corrected chi connectivity index (χ3v) is 6.17. The van der Waals surface area contributed by atoms with Gasteiger partial charge in [-0.05, 0) is 44.2 Å². The van der Waals surface area contributed by atoms with Crippen molar-refractivity contribution in [3.8, 4) is 0 Å². The number of aliphatic imine (C=N–C) groups is 1. The third kappa shape index (κ3) is 7.88. The Balaban J connectivity index is 0.00000363. The van der Waals surface area contributed by atoms with Crippen molar-refractivity contribution in [2.45, 2.75) is 59.6 Å². The number of guanidine groups is 1. The summed E-state index contributed by atoms with van der Waals surface area (Å²) in [5.74, 6) is 3.27. The normalized spacial score (nSPS) is 24.0. The minimum atomic E-state index is 0. The standard InChI is InChI=1S/C24H42N4O3.HI/c1-6-25-23(26-16-19-8-7-13-30-22(19)24(3,4)5)27-17-20(21-10-9-18(2)31-21)28-11-14-29-15-12-28;/h9-10,19-20,22H,6-8,11-17H2,1-5H3,(H2,25,26,27);1H. The van der Waals surface area contributed by atoms with Crippen LogP contribution in [-0.2, 0) is 9.47 Å². The van der Waals surface area contributed by atoms with Crippen molar-refractivity contribution in [1.29, 1.82) is 0 Å². The minimum absolute atomic E-state index is 0. The maximum atomic E-state index is 6.15. The van der Waals surface area contributed by atoms with Crippen LogP contribution in [0.3, 0.4) is 0 Å². The summed E-state index contributed by atoms with van der Waals surface area (Å²) in [6, 6.07) is 4.23. The molecule has 3 heterocycles. The lowest BCUT2D eigenvalue weighted by Crippen LogP contribution is -2.47. The number of halogens is 1. The molecular formula is C24H43IN4O3. The van der Waals surface area contributed by atoms with E-state index in [1.807, 2.05) is 13.0 Å². The highest BCUT2D eigenvalue weighted by atomic mass is 127. The molecule has 3 atom stereocenters. The molecule has 0 amide bonds. The molecule has 0 saturated carbocycles. The van der Waals surface area contributed by atoms with Crippen molar-refractivity contribution in [3.63, 3.8) is 0 Å². The van der Waals surface area contributed by atoms with E-state index in [0.29, 0.717) is 12.5 Å². The molecule has 0 aliphatic carbocycles. The lowest BCUT2D eigenvalue weighted by molar-refractivity contribution is -0.0835. The maximum Gasteiger partial charge on any atom is 0.191 e. The zero-order chi connectivity index (χ0) is 22.3. The summed E-state index contributed by atoms with van der Waals surface area (Å²) >= 11 is 0. The van der Waals surface area contributed by atoms with Crippen LogP contribution >= 0.6 is 24.0 Å². The Morgan fingerprint density at radius 3 is 2.56 bits per heavy atom. The van der Waals surface area contributed by atoms with Gasteiger partial charge in [0.05, 0.1) is 31.9 Å². The Labute approximate surface area is 211 Å². The van der Waals surface area contributed by atoms with Crippen molar-refractivity contribution < 1.29 is 13.9 Å². The number of hydrogen-bond donors (Lipinski definition) is 2. The zero-order valence-electron chi connectivity index (χ0n) is 20.5. The summed E-state index contributed by atoms with van der Waals surface area (Å²) in [4.78, 5) is 7.37. The number of morpholine rings is 1. The number of ether oxygens (including phenoxy) is 2. The molecule has 3 rings (SSSR count). The summed E-state index contributed by atoms with van der Waals surface area (Å²) in [5.41, 5.74) is 0.140. The van der Waals surface area contributed by atoms with Crippen LogP contribution in [0.15, 0.2) is 21.5 Å². The van der Waals surface area contributed by atoms with Crippen molar-refractivity contribution in [2.75, 3.05) is 52.5 Å². The van der Waals surface area contributed by atoms with Crippen molar-refractivity contribution >= 4 is 29.9 Å². The first-order chi connectivity index (χ1) is 14.9. The summed E-state index contributed by atoms with van der Waals surface area (Å²) in [5, 5.41) is 7.01. The lowest BCUT2D eigenvalue weighted by atomic mass is 9.78. The second kappa shape index (κ2) is 13.2. The average Bonchev–Trinajstić information content (AvgIpc) is 3.18. The number of aryl methyl sites for hydroxylation is 1. The van der Waals surface area contributed by atoms with Crippen LogP contribution in [0.25, 0.3) is 0 Å². The van der Waals surface area contributed by atoms with Gasteiger partial charge in [0.1, 0.15) is 11.5 Å². The van der Waals surface area contributed by atoms with Crippen LogP contribution in [0, 0.1) is 18.3 Å². The lowest BCUT2D eigenvalue weighted by Gasteiger charge is -2.40. The molecule has 2 N–H and O–H groups in total.